The van der Waals surface area contributed by atoms with Gasteiger partial charge in [-0.05, 0) is 62.1 Å². The number of hydrogen-bond acceptors (Lipinski definition) is 5. The van der Waals surface area contributed by atoms with E-state index in [4.69, 9.17) is 9.47 Å². The van der Waals surface area contributed by atoms with E-state index in [0.717, 1.165) is 61.4 Å². The van der Waals surface area contributed by atoms with E-state index in [9.17, 15) is 9.18 Å². The quantitative estimate of drug-likeness (QED) is 0.234. The molecule has 4 aromatic rings. The van der Waals surface area contributed by atoms with Crippen molar-refractivity contribution >= 4 is 16.8 Å². The van der Waals surface area contributed by atoms with E-state index < -0.39 is 0 Å². The topological polar surface area (TPSA) is 59.0 Å². The Morgan fingerprint density at radius 1 is 0.953 bits per heavy atom. The monoisotopic (exact) mass is 584 g/mol. The lowest BCUT2D eigenvalue weighted by atomic mass is 9.90. The summed E-state index contributed by atoms with van der Waals surface area (Å²) in [6.45, 7) is 8.00. The number of nitrogens with one attached hydrogen (secondary N) is 1. The highest BCUT2D eigenvalue weighted by Crippen LogP contribution is 2.32. The van der Waals surface area contributed by atoms with Gasteiger partial charge in [-0.1, -0.05) is 42.0 Å². The van der Waals surface area contributed by atoms with Crippen molar-refractivity contribution in [3.8, 4) is 11.5 Å². The highest BCUT2D eigenvalue weighted by molar-refractivity contribution is 6.08. The van der Waals surface area contributed by atoms with Crippen LogP contribution in [0.3, 0.4) is 0 Å². The van der Waals surface area contributed by atoms with Crippen LogP contribution in [-0.4, -0.2) is 72.3 Å². The van der Waals surface area contributed by atoms with Crippen LogP contribution < -0.4 is 14.8 Å². The lowest BCUT2D eigenvalue weighted by Gasteiger charge is -2.51. The van der Waals surface area contributed by atoms with Gasteiger partial charge in [0.05, 0.1) is 18.2 Å². The molecule has 226 valence electrons. The average Bonchev–Trinajstić information content (AvgIpc) is 3.40. The largest absolute Gasteiger partial charge is 0.495 e. The molecule has 7 rings (SSSR count). The summed E-state index contributed by atoms with van der Waals surface area (Å²) in [5.74, 6) is 1.18. The number of nitrogens with zero attached hydrogens (tertiary/aromatic N) is 3. The van der Waals surface area contributed by atoms with Crippen molar-refractivity contribution in [2.45, 2.75) is 51.4 Å². The Morgan fingerprint density at radius 3 is 2.42 bits per heavy atom. The molecule has 43 heavy (non-hydrogen) atoms. The molecule has 7 nitrogen and oxygen atoms in total. The molecule has 0 saturated carbocycles. The predicted molar refractivity (Wildman–Crippen MR) is 167 cm³/mol. The molecule has 8 heteroatoms. The van der Waals surface area contributed by atoms with Crippen molar-refractivity contribution in [3.63, 3.8) is 0 Å². The summed E-state index contributed by atoms with van der Waals surface area (Å²) in [4.78, 5) is 18.5. The van der Waals surface area contributed by atoms with Crippen molar-refractivity contribution in [1.82, 2.24) is 19.7 Å². The number of carbonyl (C=O) groups is 1. The van der Waals surface area contributed by atoms with Gasteiger partial charge in [-0.3, -0.25) is 14.6 Å². The molecule has 3 aliphatic rings. The first kappa shape index (κ1) is 29.2. The Balaban J connectivity index is 1.05. The number of fused-ring (bicyclic) bond motifs is 4. The van der Waals surface area contributed by atoms with E-state index in [0.29, 0.717) is 36.5 Å². The minimum atomic E-state index is -0.246. The normalized spacial score (nSPS) is 18.7. The number of piperidine rings is 2. The minimum Gasteiger partial charge on any atom is -0.495 e. The number of hydrogen-bond donors (Lipinski definition) is 1. The summed E-state index contributed by atoms with van der Waals surface area (Å²) >= 11 is 0. The molecule has 2 unspecified atom stereocenters. The number of benzene rings is 3. The second-order valence-electron chi connectivity index (χ2n) is 11.8. The fraction of sp³-hybridized carbons (Fsp3) is 0.400. The van der Waals surface area contributed by atoms with E-state index in [-0.39, 0.29) is 11.7 Å². The number of piperazine rings is 1. The van der Waals surface area contributed by atoms with Gasteiger partial charge in [-0.2, -0.15) is 0 Å². The molecule has 0 spiro atoms. The Hall–Kier alpha value is -3.88. The number of ether oxygens (including phenoxy) is 2. The Labute approximate surface area is 253 Å². The number of aryl methyl sites for hydroxylation is 2. The average molecular weight is 585 g/mol. The zero-order valence-electron chi connectivity index (χ0n) is 25.1. The summed E-state index contributed by atoms with van der Waals surface area (Å²) in [7, 11) is 1.69. The van der Waals surface area contributed by atoms with Crippen LogP contribution in [0.2, 0.25) is 0 Å². The van der Waals surface area contributed by atoms with Gasteiger partial charge in [-0.25, -0.2) is 4.39 Å². The third-order valence-electron chi connectivity index (χ3n) is 8.92. The van der Waals surface area contributed by atoms with Gasteiger partial charge in [0.2, 0.25) is 0 Å². The summed E-state index contributed by atoms with van der Waals surface area (Å²) in [6.07, 6.45) is 5.43. The van der Waals surface area contributed by atoms with Gasteiger partial charge in [0, 0.05) is 62.9 Å². The standard InChI is InChI=1S/C35H41FN4O3/c1-25-6-3-7-26(20-25)21-37-35(41)32-24-40(34-31(32)8-4-9-33(34)42-2)17-5-16-38-22-29-13-12-28(38)23-39(29)18-19-43-30-14-10-27(36)11-15-30/h3-4,6-11,14-15,20,24,28-29H,5,12-13,16-19,21-23H2,1-2H3,(H,37,41). The maximum absolute atomic E-state index is 13.3. The second-order valence-corrected chi connectivity index (χ2v) is 11.8. The number of rotatable bonds is 12. The first-order valence-electron chi connectivity index (χ1n) is 15.3. The predicted octanol–water partition coefficient (Wildman–Crippen LogP) is 5.65. The molecule has 3 aliphatic heterocycles. The number of aromatic nitrogens is 1. The molecule has 1 aromatic heterocycles. The first-order chi connectivity index (χ1) is 21.0. The highest BCUT2D eigenvalue weighted by Gasteiger charge is 2.38. The molecule has 3 aromatic carbocycles. The van der Waals surface area contributed by atoms with Crippen LogP contribution in [0.5, 0.6) is 11.5 Å². The van der Waals surface area contributed by atoms with Crippen molar-refractivity contribution in [3.05, 3.63) is 95.4 Å². The molecule has 0 aliphatic carbocycles. The smallest absolute Gasteiger partial charge is 0.253 e. The molecule has 0 radical (unpaired) electrons. The zero-order chi connectivity index (χ0) is 29.8. The van der Waals surface area contributed by atoms with Crippen molar-refractivity contribution in [1.29, 1.82) is 0 Å². The van der Waals surface area contributed by atoms with Gasteiger partial charge < -0.3 is 19.4 Å². The van der Waals surface area contributed by atoms with E-state index in [1.807, 2.05) is 36.5 Å². The molecule has 2 bridgehead atoms. The zero-order valence-corrected chi connectivity index (χ0v) is 25.1. The fourth-order valence-corrected chi connectivity index (χ4v) is 6.75. The summed E-state index contributed by atoms with van der Waals surface area (Å²) in [6, 6.07) is 21.5. The number of methoxy groups -OCH3 is 1. The highest BCUT2D eigenvalue weighted by atomic mass is 19.1. The Kier molecular flexibility index (Phi) is 8.95. The molecule has 1 amide bonds. The molecule has 4 heterocycles. The maximum atomic E-state index is 13.3. The van der Waals surface area contributed by atoms with Crippen LogP contribution in [0.15, 0.2) is 72.9 Å². The molecule has 2 atom stereocenters. The van der Waals surface area contributed by atoms with Crippen LogP contribution in [0.25, 0.3) is 10.9 Å². The van der Waals surface area contributed by atoms with Crippen molar-refractivity contribution in [2.24, 2.45) is 0 Å². The van der Waals surface area contributed by atoms with E-state index in [1.54, 1.807) is 19.2 Å². The van der Waals surface area contributed by atoms with Gasteiger partial charge in [0.25, 0.3) is 5.91 Å². The first-order valence-corrected chi connectivity index (χ1v) is 15.3. The van der Waals surface area contributed by atoms with Crippen LogP contribution in [0, 0.1) is 12.7 Å². The fourth-order valence-electron chi connectivity index (χ4n) is 6.75. The van der Waals surface area contributed by atoms with Crippen LogP contribution in [0.1, 0.15) is 40.7 Å². The van der Waals surface area contributed by atoms with Crippen molar-refractivity contribution in [2.75, 3.05) is 39.9 Å². The number of halogens is 1. The number of para-hydroxylation sites is 1. The summed E-state index contributed by atoms with van der Waals surface area (Å²) in [5, 5.41) is 4.03. The minimum absolute atomic E-state index is 0.0738. The number of carbonyl (C=O) groups excluding carboxylic acids is 1. The van der Waals surface area contributed by atoms with Crippen LogP contribution >= 0.6 is 0 Å². The SMILES string of the molecule is COc1cccc2c(C(=O)NCc3cccc(C)c3)cn(CCCN3CC4CCC3CN4CCOc3ccc(F)cc3)c12. The molecular weight excluding hydrogens is 543 g/mol. The Bertz CT molecular complexity index is 1550. The van der Waals surface area contributed by atoms with Crippen LogP contribution in [-0.2, 0) is 13.1 Å². The van der Waals surface area contributed by atoms with Crippen molar-refractivity contribution < 1.29 is 18.7 Å². The third kappa shape index (κ3) is 6.71. The van der Waals surface area contributed by atoms with Gasteiger partial charge in [-0.15, -0.1) is 0 Å². The molecule has 3 fully saturated rings. The summed E-state index contributed by atoms with van der Waals surface area (Å²) in [5.41, 5.74) is 3.92. The lowest BCUT2D eigenvalue weighted by Crippen LogP contribution is -2.63. The summed E-state index contributed by atoms with van der Waals surface area (Å²) < 4.78 is 26.9. The van der Waals surface area contributed by atoms with E-state index in [2.05, 4.69) is 38.7 Å². The molecule has 3 saturated heterocycles. The second kappa shape index (κ2) is 13.2. The van der Waals surface area contributed by atoms with Gasteiger partial charge >= 0.3 is 0 Å². The maximum Gasteiger partial charge on any atom is 0.253 e. The number of amides is 1. The lowest BCUT2D eigenvalue weighted by molar-refractivity contribution is -0.0259. The molecular formula is C35H41FN4O3. The third-order valence-corrected chi connectivity index (χ3v) is 8.92. The molecule has 1 N–H and O–H groups in total. The van der Waals surface area contributed by atoms with Crippen LogP contribution in [0.4, 0.5) is 4.39 Å². The van der Waals surface area contributed by atoms with E-state index in [1.165, 1.54) is 30.5 Å². The Morgan fingerprint density at radius 2 is 1.70 bits per heavy atom. The van der Waals surface area contributed by atoms with Gasteiger partial charge in [0.15, 0.2) is 0 Å². The van der Waals surface area contributed by atoms with Gasteiger partial charge in [0.1, 0.15) is 23.9 Å². The van der Waals surface area contributed by atoms with E-state index >= 15 is 0 Å².